The van der Waals surface area contributed by atoms with Crippen molar-refractivity contribution < 1.29 is 14.3 Å². The summed E-state index contributed by atoms with van der Waals surface area (Å²) in [6, 6.07) is 12.7. The maximum Gasteiger partial charge on any atom is 0.339 e. The van der Waals surface area contributed by atoms with Crippen molar-refractivity contribution in [3.8, 4) is 0 Å². The fourth-order valence-electron chi connectivity index (χ4n) is 2.22. The third kappa shape index (κ3) is 4.83. The highest BCUT2D eigenvalue weighted by atomic mass is 79.9. The molecule has 1 amide bonds. The largest absolute Gasteiger partial charge is 0.465 e. The molecular formula is C18H19BrN2O3. The van der Waals surface area contributed by atoms with Crippen LogP contribution < -0.4 is 10.6 Å². The van der Waals surface area contributed by atoms with E-state index in [1.165, 1.54) is 7.11 Å². The van der Waals surface area contributed by atoms with E-state index in [2.05, 4.69) is 26.6 Å². The number of hydrogen-bond donors (Lipinski definition) is 2. The number of carbonyl (C=O) groups excluding carboxylic acids is 2. The summed E-state index contributed by atoms with van der Waals surface area (Å²) in [7, 11) is 1.34. The van der Waals surface area contributed by atoms with Crippen LogP contribution in [0.2, 0.25) is 0 Å². The molecule has 6 heteroatoms. The van der Waals surface area contributed by atoms with Gasteiger partial charge in [0.2, 0.25) is 5.91 Å². The number of carbonyl (C=O) groups is 2. The molecule has 0 atom stereocenters. The number of aryl methyl sites for hydroxylation is 1. The van der Waals surface area contributed by atoms with Crippen LogP contribution in [-0.2, 0) is 9.53 Å². The number of esters is 1. The minimum Gasteiger partial charge on any atom is -0.465 e. The highest BCUT2D eigenvalue weighted by molar-refractivity contribution is 9.10. The van der Waals surface area contributed by atoms with Crippen LogP contribution in [0.4, 0.5) is 11.4 Å². The number of rotatable bonds is 6. The molecule has 126 valence electrons. The SMILES string of the molecule is COC(=O)c1ccccc1NCCC(=O)Nc1ccc(Br)cc1C. The molecule has 0 aliphatic heterocycles. The molecule has 0 aliphatic carbocycles. The molecule has 2 aromatic carbocycles. The Balaban J connectivity index is 1.90. The molecule has 0 unspecified atom stereocenters. The summed E-state index contributed by atoms with van der Waals surface area (Å²) in [5.41, 5.74) is 2.88. The maximum absolute atomic E-state index is 12.1. The van der Waals surface area contributed by atoms with Crippen molar-refractivity contribution in [3.05, 3.63) is 58.1 Å². The van der Waals surface area contributed by atoms with Gasteiger partial charge in [0.15, 0.2) is 0 Å². The van der Waals surface area contributed by atoms with Crippen LogP contribution in [0.25, 0.3) is 0 Å². The van der Waals surface area contributed by atoms with E-state index in [1.54, 1.807) is 18.2 Å². The highest BCUT2D eigenvalue weighted by Gasteiger charge is 2.11. The van der Waals surface area contributed by atoms with Crippen LogP contribution in [0.15, 0.2) is 46.9 Å². The van der Waals surface area contributed by atoms with E-state index in [0.717, 1.165) is 15.7 Å². The lowest BCUT2D eigenvalue weighted by Crippen LogP contribution is -2.17. The number of nitrogens with one attached hydrogen (secondary N) is 2. The quantitative estimate of drug-likeness (QED) is 0.731. The van der Waals surface area contributed by atoms with Gasteiger partial charge < -0.3 is 15.4 Å². The topological polar surface area (TPSA) is 67.4 Å². The summed E-state index contributed by atoms with van der Waals surface area (Å²) in [5, 5.41) is 5.98. The van der Waals surface area contributed by atoms with E-state index in [9.17, 15) is 9.59 Å². The Morgan fingerprint density at radius 3 is 2.58 bits per heavy atom. The number of amides is 1. The van der Waals surface area contributed by atoms with E-state index >= 15 is 0 Å². The third-order valence-corrected chi connectivity index (χ3v) is 3.96. The van der Waals surface area contributed by atoms with Crippen LogP contribution in [0.1, 0.15) is 22.3 Å². The lowest BCUT2D eigenvalue weighted by molar-refractivity contribution is -0.115. The lowest BCUT2D eigenvalue weighted by atomic mass is 10.1. The first-order chi connectivity index (χ1) is 11.5. The summed E-state index contributed by atoms with van der Waals surface area (Å²) in [6.07, 6.45) is 0.283. The number of hydrogen-bond acceptors (Lipinski definition) is 4. The van der Waals surface area contributed by atoms with Crippen molar-refractivity contribution in [1.82, 2.24) is 0 Å². The number of ether oxygens (including phenoxy) is 1. The van der Waals surface area contributed by atoms with E-state index < -0.39 is 5.97 Å². The van der Waals surface area contributed by atoms with Crippen LogP contribution in [0.5, 0.6) is 0 Å². The van der Waals surface area contributed by atoms with Crippen LogP contribution in [-0.4, -0.2) is 25.5 Å². The molecule has 0 bridgehead atoms. The molecule has 2 N–H and O–H groups in total. The molecule has 0 aliphatic rings. The number of para-hydroxylation sites is 1. The molecule has 24 heavy (non-hydrogen) atoms. The van der Waals surface area contributed by atoms with E-state index in [4.69, 9.17) is 4.74 Å². The highest BCUT2D eigenvalue weighted by Crippen LogP contribution is 2.20. The maximum atomic E-state index is 12.1. The second-order valence-corrected chi connectivity index (χ2v) is 6.14. The minimum atomic E-state index is -0.409. The van der Waals surface area contributed by atoms with Gasteiger partial charge in [-0.15, -0.1) is 0 Å². The summed E-state index contributed by atoms with van der Waals surface area (Å²) >= 11 is 3.39. The summed E-state index contributed by atoms with van der Waals surface area (Å²) in [6.45, 7) is 2.35. The first-order valence-corrected chi connectivity index (χ1v) is 8.28. The van der Waals surface area contributed by atoms with Gasteiger partial charge in [-0.2, -0.15) is 0 Å². The zero-order chi connectivity index (χ0) is 17.5. The predicted octanol–water partition coefficient (Wildman–Crippen LogP) is 3.98. The van der Waals surface area contributed by atoms with Gasteiger partial charge in [-0.3, -0.25) is 4.79 Å². The van der Waals surface area contributed by atoms with E-state index in [-0.39, 0.29) is 12.3 Å². The Morgan fingerprint density at radius 2 is 1.88 bits per heavy atom. The number of anilines is 2. The van der Waals surface area contributed by atoms with Crippen molar-refractivity contribution >= 4 is 39.2 Å². The molecule has 2 rings (SSSR count). The van der Waals surface area contributed by atoms with Gasteiger partial charge in [0.05, 0.1) is 12.7 Å². The molecule has 0 heterocycles. The predicted molar refractivity (Wildman–Crippen MR) is 98.4 cm³/mol. The average molecular weight is 391 g/mol. The van der Waals surface area contributed by atoms with Crippen molar-refractivity contribution in [2.45, 2.75) is 13.3 Å². The number of benzene rings is 2. The molecule has 0 saturated carbocycles. The van der Waals surface area contributed by atoms with Gasteiger partial charge in [-0.1, -0.05) is 28.1 Å². The van der Waals surface area contributed by atoms with Gasteiger partial charge in [0.25, 0.3) is 0 Å². The standard InChI is InChI=1S/C18H19BrN2O3/c1-12-11-13(19)7-8-15(12)21-17(22)9-10-20-16-6-4-3-5-14(16)18(23)24-2/h3-8,11,20H,9-10H2,1-2H3,(H,21,22). The summed E-state index contributed by atoms with van der Waals surface area (Å²) in [4.78, 5) is 23.8. The van der Waals surface area contributed by atoms with Crippen LogP contribution in [0, 0.1) is 6.92 Å². The molecule has 2 aromatic rings. The average Bonchev–Trinajstić information content (AvgIpc) is 2.57. The van der Waals surface area contributed by atoms with Crippen LogP contribution >= 0.6 is 15.9 Å². The molecule has 0 spiro atoms. The number of halogens is 1. The Labute approximate surface area is 149 Å². The Morgan fingerprint density at radius 1 is 1.12 bits per heavy atom. The Bertz CT molecular complexity index is 747. The Kier molecular flexibility index (Phi) is 6.37. The monoisotopic (exact) mass is 390 g/mol. The molecule has 5 nitrogen and oxygen atoms in total. The van der Waals surface area contributed by atoms with E-state index in [1.807, 2.05) is 31.2 Å². The fraction of sp³-hybridized carbons (Fsp3) is 0.222. The molecule has 0 aromatic heterocycles. The second-order valence-electron chi connectivity index (χ2n) is 5.22. The van der Waals surface area contributed by atoms with E-state index in [0.29, 0.717) is 17.8 Å². The van der Waals surface area contributed by atoms with Gasteiger partial charge >= 0.3 is 5.97 Å². The third-order valence-electron chi connectivity index (χ3n) is 3.46. The molecule has 0 radical (unpaired) electrons. The normalized spacial score (nSPS) is 10.1. The second kappa shape index (κ2) is 8.49. The molecule has 0 fully saturated rings. The fourth-order valence-corrected chi connectivity index (χ4v) is 2.69. The van der Waals surface area contributed by atoms with Crippen LogP contribution in [0.3, 0.4) is 0 Å². The Hall–Kier alpha value is -2.34. The van der Waals surface area contributed by atoms with Gasteiger partial charge in [-0.25, -0.2) is 4.79 Å². The molecular weight excluding hydrogens is 372 g/mol. The summed E-state index contributed by atoms with van der Waals surface area (Å²) in [5.74, 6) is -0.503. The van der Waals surface area contributed by atoms with Crippen molar-refractivity contribution in [3.63, 3.8) is 0 Å². The zero-order valence-electron chi connectivity index (χ0n) is 13.6. The van der Waals surface area contributed by atoms with Crippen molar-refractivity contribution in [2.75, 3.05) is 24.3 Å². The first-order valence-electron chi connectivity index (χ1n) is 7.48. The number of methoxy groups -OCH3 is 1. The lowest BCUT2D eigenvalue weighted by Gasteiger charge is -2.11. The summed E-state index contributed by atoms with van der Waals surface area (Å²) < 4.78 is 5.72. The zero-order valence-corrected chi connectivity index (χ0v) is 15.1. The van der Waals surface area contributed by atoms with Gasteiger partial charge in [-0.05, 0) is 42.8 Å². The van der Waals surface area contributed by atoms with Gasteiger partial charge in [0, 0.05) is 28.8 Å². The minimum absolute atomic E-state index is 0.0940. The smallest absolute Gasteiger partial charge is 0.339 e. The van der Waals surface area contributed by atoms with Crippen molar-refractivity contribution in [1.29, 1.82) is 0 Å². The first kappa shape index (κ1) is 18.0. The van der Waals surface area contributed by atoms with Gasteiger partial charge in [0.1, 0.15) is 0 Å². The molecule has 0 saturated heterocycles. The van der Waals surface area contributed by atoms with Crippen molar-refractivity contribution in [2.24, 2.45) is 0 Å².